The zero-order valence-electron chi connectivity index (χ0n) is 24.0. The number of hydrogen-bond acceptors (Lipinski definition) is 7. The Morgan fingerprint density at radius 1 is 1.11 bits per heavy atom. The van der Waals surface area contributed by atoms with E-state index >= 15 is 0 Å². The first-order valence-electron chi connectivity index (χ1n) is 13.8. The summed E-state index contributed by atoms with van der Waals surface area (Å²) in [5, 5.41) is 18.2. The van der Waals surface area contributed by atoms with Crippen molar-refractivity contribution in [2.24, 2.45) is 0 Å². The number of nitrogens with zero attached hydrogens (tertiary/aromatic N) is 7. The van der Waals surface area contributed by atoms with Gasteiger partial charge in [-0.2, -0.15) is 26.3 Å². The van der Waals surface area contributed by atoms with Gasteiger partial charge in [-0.1, -0.05) is 17.7 Å². The predicted octanol–water partition coefficient (Wildman–Crippen LogP) is 4.19. The number of aromatic nitrogens is 6. The lowest BCUT2D eigenvalue weighted by molar-refractivity contribution is -0.207. The van der Waals surface area contributed by atoms with Crippen LogP contribution in [0.15, 0.2) is 53.6 Å². The molecule has 4 aromatic rings. The van der Waals surface area contributed by atoms with Crippen molar-refractivity contribution >= 4 is 17.5 Å². The summed E-state index contributed by atoms with van der Waals surface area (Å²) >= 11 is 5.91. The Balaban J connectivity index is 1.54. The van der Waals surface area contributed by atoms with Crippen LogP contribution in [0.3, 0.4) is 0 Å². The second-order valence-electron chi connectivity index (χ2n) is 10.5. The van der Waals surface area contributed by atoms with Gasteiger partial charge in [0.05, 0.1) is 36.0 Å². The maximum Gasteiger partial charge on any atom is 0.418 e. The van der Waals surface area contributed by atoms with E-state index in [-0.39, 0.29) is 35.4 Å². The number of benzene rings is 2. The molecule has 18 heteroatoms. The molecule has 3 heterocycles. The van der Waals surface area contributed by atoms with Crippen LogP contribution < -0.4 is 5.69 Å². The van der Waals surface area contributed by atoms with Gasteiger partial charge in [0.1, 0.15) is 12.9 Å². The first-order chi connectivity index (χ1) is 21.7. The molecule has 46 heavy (non-hydrogen) atoms. The van der Waals surface area contributed by atoms with E-state index in [4.69, 9.17) is 16.3 Å². The molecule has 5 rings (SSSR count). The number of alkyl halides is 6. The van der Waals surface area contributed by atoms with Crippen molar-refractivity contribution in [1.29, 1.82) is 0 Å². The standard InChI is InChI=1S/C28H26ClF6N7O4/c1-46-14-18-4-3-11-39(18)25(44)19-5-2-6-20(27(30,31)32)23(19)42-15-36-22(37-42)13-41-26(45)40(12-21(43)28(33,34)35)24(38-41)16-7-9-17(29)10-8-16/h2,5-10,15,18,21,43H,3-4,11-14H2,1H3/t18-,21+/m1/s1. The number of halogens is 7. The number of amides is 1. The molecule has 246 valence electrons. The van der Waals surface area contributed by atoms with Gasteiger partial charge in [-0.25, -0.2) is 19.1 Å². The lowest BCUT2D eigenvalue weighted by Crippen LogP contribution is -2.38. The second-order valence-corrected chi connectivity index (χ2v) is 10.9. The van der Waals surface area contributed by atoms with Crippen molar-refractivity contribution < 1.29 is 41.0 Å². The van der Waals surface area contributed by atoms with E-state index in [0.29, 0.717) is 33.7 Å². The molecule has 0 unspecified atom stereocenters. The topological polar surface area (TPSA) is 120 Å². The summed E-state index contributed by atoms with van der Waals surface area (Å²) in [6.07, 6.45) is -10.7. The molecule has 2 aromatic heterocycles. The molecule has 2 atom stereocenters. The molecule has 1 saturated heterocycles. The van der Waals surface area contributed by atoms with E-state index in [9.17, 15) is 41.0 Å². The molecule has 0 radical (unpaired) electrons. The fraction of sp³-hybridized carbons (Fsp3) is 0.393. The number of carbonyl (C=O) groups excluding carboxylic acids is 1. The first-order valence-corrected chi connectivity index (χ1v) is 14.2. The summed E-state index contributed by atoms with van der Waals surface area (Å²) in [5.41, 5.74) is -2.92. The summed E-state index contributed by atoms with van der Waals surface area (Å²) < 4.78 is 89.5. The highest BCUT2D eigenvalue weighted by Gasteiger charge is 2.40. The van der Waals surface area contributed by atoms with Gasteiger partial charge >= 0.3 is 18.0 Å². The molecule has 0 spiro atoms. The van der Waals surface area contributed by atoms with E-state index in [2.05, 4.69) is 15.2 Å². The van der Waals surface area contributed by atoms with Crippen LogP contribution in [0.1, 0.15) is 34.6 Å². The average Bonchev–Trinajstić information content (AvgIpc) is 3.73. The summed E-state index contributed by atoms with van der Waals surface area (Å²) in [7, 11) is 1.46. The molecule has 2 aromatic carbocycles. The van der Waals surface area contributed by atoms with E-state index in [0.717, 1.165) is 23.1 Å². The van der Waals surface area contributed by atoms with Gasteiger partial charge in [0.2, 0.25) is 0 Å². The predicted molar refractivity (Wildman–Crippen MR) is 150 cm³/mol. The Kier molecular flexibility index (Phi) is 9.28. The molecule has 1 N–H and O–H groups in total. The van der Waals surface area contributed by atoms with Crippen LogP contribution in [0.5, 0.6) is 0 Å². The van der Waals surface area contributed by atoms with Crippen molar-refractivity contribution in [2.45, 2.75) is 50.4 Å². The van der Waals surface area contributed by atoms with Crippen LogP contribution >= 0.6 is 11.6 Å². The number of aliphatic hydroxyl groups is 1. The molecule has 0 bridgehead atoms. The van der Waals surface area contributed by atoms with E-state index in [1.54, 1.807) is 0 Å². The first kappa shape index (κ1) is 33.2. The number of hydrogen-bond donors (Lipinski definition) is 1. The van der Waals surface area contributed by atoms with E-state index in [1.807, 2.05) is 0 Å². The van der Waals surface area contributed by atoms with Gasteiger partial charge in [-0.05, 0) is 49.2 Å². The van der Waals surface area contributed by atoms with Gasteiger partial charge < -0.3 is 14.7 Å². The zero-order valence-corrected chi connectivity index (χ0v) is 24.7. The van der Waals surface area contributed by atoms with Gasteiger partial charge in [0.25, 0.3) is 5.91 Å². The van der Waals surface area contributed by atoms with Gasteiger partial charge in [0.15, 0.2) is 17.8 Å². The maximum absolute atomic E-state index is 14.2. The van der Waals surface area contributed by atoms with Crippen molar-refractivity contribution in [1.82, 2.24) is 34.0 Å². The van der Waals surface area contributed by atoms with Gasteiger partial charge in [0, 0.05) is 24.2 Å². The molecule has 0 aliphatic carbocycles. The van der Waals surface area contributed by atoms with E-state index < -0.39 is 54.4 Å². The Morgan fingerprint density at radius 2 is 1.83 bits per heavy atom. The number of rotatable bonds is 9. The second kappa shape index (κ2) is 12.9. The number of carbonyl (C=O) groups is 1. The number of likely N-dealkylation sites (tertiary alicyclic amines) is 1. The summed E-state index contributed by atoms with van der Waals surface area (Å²) in [6.45, 7) is -1.24. The minimum absolute atomic E-state index is 0.198. The van der Waals surface area contributed by atoms with Crippen molar-refractivity contribution in [2.75, 3.05) is 20.3 Å². The van der Waals surface area contributed by atoms with Crippen molar-refractivity contribution in [3.63, 3.8) is 0 Å². The van der Waals surface area contributed by atoms with Crippen molar-refractivity contribution in [3.05, 3.63) is 81.3 Å². The maximum atomic E-state index is 14.2. The van der Waals surface area contributed by atoms with E-state index in [1.165, 1.54) is 42.3 Å². The number of aliphatic hydroxyl groups excluding tert-OH is 1. The number of ether oxygens (including phenoxy) is 1. The van der Waals surface area contributed by atoms with Crippen LogP contribution in [0.25, 0.3) is 17.1 Å². The SMILES string of the molecule is COC[C@H]1CCCN1C(=O)c1cccc(C(F)(F)F)c1-n1cnc(Cn2nc(-c3ccc(Cl)cc3)n(C[C@H](O)C(F)(F)F)c2=O)n1. The number of methoxy groups -OCH3 is 1. The monoisotopic (exact) mass is 673 g/mol. The lowest BCUT2D eigenvalue weighted by atomic mass is 10.0. The van der Waals surface area contributed by atoms with Crippen LogP contribution in [-0.2, 0) is 24.0 Å². The molecular formula is C28H26ClF6N7O4. The quantitative estimate of drug-likeness (QED) is 0.265. The smallest absolute Gasteiger partial charge is 0.383 e. The molecule has 1 fully saturated rings. The highest BCUT2D eigenvalue weighted by molar-refractivity contribution is 6.30. The largest absolute Gasteiger partial charge is 0.418 e. The molecule has 1 aliphatic heterocycles. The highest BCUT2D eigenvalue weighted by atomic mass is 35.5. The Bertz CT molecular complexity index is 1770. The zero-order chi connectivity index (χ0) is 33.4. The average molecular weight is 674 g/mol. The van der Waals surface area contributed by atoms with Crippen LogP contribution in [0.4, 0.5) is 26.3 Å². The minimum atomic E-state index is -5.04. The lowest BCUT2D eigenvalue weighted by Gasteiger charge is -2.26. The molecule has 0 saturated carbocycles. The fourth-order valence-corrected chi connectivity index (χ4v) is 5.35. The normalized spacial score (nSPS) is 16.3. The third-order valence-electron chi connectivity index (χ3n) is 7.39. The summed E-state index contributed by atoms with van der Waals surface area (Å²) in [4.78, 5) is 32.2. The molecule has 11 nitrogen and oxygen atoms in total. The summed E-state index contributed by atoms with van der Waals surface area (Å²) in [6, 6.07) is 8.46. The van der Waals surface area contributed by atoms with Crippen LogP contribution in [0.2, 0.25) is 5.02 Å². The summed E-state index contributed by atoms with van der Waals surface area (Å²) in [5.74, 6) is -1.14. The Hall–Kier alpha value is -4.22. The number of para-hydroxylation sites is 1. The fourth-order valence-electron chi connectivity index (χ4n) is 5.22. The van der Waals surface area contributed by atoms with Crippen LogP contribution in [-0.4, -0.2) is 83.6 Å². The molecule has 1 amide bonds. The molecule has 1 aliphatic rings. The van der Waals surface area contributed by atoms with Crippen LogP contribution in [0, 0.1) is 0 Å². The third kappa shape index (κ3) is 6.80. The van der Waals surface area contributed by atoms with Gasteiger partial charge in [-0.15, -0.1) is 10.2 Å². The third-order valence-corrected chi connectivity index (χ3v) is 7.64. The highest BCUT2D eigenvalue weighted by Crippen LogP contribution is 2.36. The Morgan fingerprint density at radius 3 is 2.48 bits per heavy atom. The van der Waals surface area contributed by atoms with Crippen molar-refractivity contribution in [3.8, 4) is 17.1 Å². The molecular weight excluding hydrogens is 648 g/mol. The minimum Gasteiger partial charge on any atom is -0.383 e. The Labute approximate surface area is 261 Å². The van der Waals surface area contributed by atoms with Gasteiger partial charge in [-0.3, -0.25) is 9.36 Å².